The van der Waals surface area contributed by atoms with Crippen LogP contribution in [0.1, 0.15) is 17.5 Å². The molecule has 2 aromatic rings. The number of aryl methyl sites for hydroxylation is 1. The molecule has 5 heteroatoms. The maximum absolute atomic E-state index is 11.6. The lowest BCUT2D eigenvalue weighted by atomic mass is 10.1. The third-order valence-electron chi connectivity index (χ3n) is 3.04. The van der Waals surface area contributed by atoms with E-state index in [1.54, 1.807) is 30.5 Å². The summed E-state index contributed by atoms with van der Waals surface area (Å²) in [5.41, 5.74) is 4.19. The molecule has 1 N–H and O–H groups in total. The van der Waals surface area contributed by atoms with Crippen molar-refractivity contribution in [2.45, 2.75) is 12.8 Å². The Hall–Kier alpha value is -3.13. The Morgan fingerprint density at radius 1 is 1.17 bits per heavy atom. The zero-order chi connectivity index (χ0) is 16.3. The van der Waals surface area contributed by atoms with E-state index in [1.165, 1.54) is 5.56 Å². The van der Waals surface area contributed by atoms with Crippen molar-refractivity contribution in [3.63, 3.8) is 0 Å². The van der Waals surface area contributed by atoms with E-state index in [0.29, 0.717) is 11.3 Å². The fourth-order valence-electron chi connectivity index (χ4n) is 1.86. The van der Waals surface area contributed by atoms with E-state index in [0.717, 1.165) is 12.8 Å². The van der Waals surface area contributed by atoms with Crippen LogP contribution >= 0.6 is 0 Å². The van der Waals surface area contributed by atoms with Gasteiger partial charge in [-0.1, -0.05) is 30.3 Å². The number of hydrogen-bond donors (Lipinski definition) is 1. The lowest BCUT2D eigenvalue weighted by Crippen LogP contribution is -2.24. The molecule has 1 amide bonds. The molecule has 0 radical (unpaired) electrons. The Labute approximate surface area is 135 Å². The molecule has 0 aliphatic heterocycles. The molecule has 0 bridgehead atoms. The quantitative estimate of drug-likeness (QED) is 0.631. The number of hydrazone groups is 1. The molecule has 5 nitrogen and oxygen atoms in total. The maximum atomic E-state index is 11.6. The number of amides is 1. The van der Waals surface area contributed by atoms with Crippen molar-refractivity contribution in [2.24, 2.45) is 5.10 Å². The minimum Gasteiger partial charge on any atom is -0.484 e. The first-order chi connectivity index (χ1) is 11.3. The number of ether oxygens (including phenoxy) is 1. The highest BCUT2D eigenvalue weighted by molar-refractivity contribution is 5.78. The van der Waals surface area contributed by atoms with Gasteiger partial charge in [-0.2, -0.15) is 10.4 Å². The number of nitrogens with zero attached hydrogens (tertiary/aromatic N) is 2. The number of carbonyl (C=O) groups is 1. The summed E-state index contributed by atoms with van der Waals surface area (Å²) in [7, 11) is 0. The summed E-state index contributed by atoms with van der Waals surface area (Å²) in [6.45, 7) is -0.123. The molecule has 2 aromatic carbocycles. The highest BCUT2D eigenvalue weighted by Gasteiger charge is 2.01. The molecular weight excluding hydrogens is 290 g/mol. The summed E-state index contributed by atoms with van der Waals surface area (Å²) in [5.74, 6) is 0.206. The molecule has 0 spiro atoms. The van der Waals surface area contributed by atoms with Crippen molar-refractivity contribution in [3.05, 3.63) is 65.7 Å². The van der Waals surface area contributed by atoms with Crippen LogP contribution in [-0.4, -0.2) is 18.7 Å². The molecule has 23 heavy (non-hydrogen) atoms. The van der Waals surface area contributed by atoms with Gasteiger partial charge in [-0.25, -0.2) is 5.43 Å². The summed E-state index contributed by atoms with van der Waals surface area (Å²) < 4.78 is 5.30. The molecule has 0 aromatic heterocycles. The van der Waals surface area contributed by atoms with Gasteiger partial charge in [0.05, 0.1) is 11.6 Å². The summed E-state index contributed by atoms with van der Waals surface area (Å²) in [4.78, 5) is 11.6. The van der Waals surface area contributed by atoms with Crippen molar-refractivity contribution < 1.29 is 9.53 Å². The van der Waals surface area contributed by atoms with E-state index in [4.69, 9.17) is 10.00 Å². The molecule has 0 aliphatic rings. The van der Waals surface area contributed by atoms with E-state index >= 15 is 0 Å². The normalized spacial score (nSPS) is 10.2. The molecule has 0 saturated heterocycles. The summed E-state index contributed by atoms with van der Waals surface area (Å²) in [5, 5.41) is 12.6. The average molecular weight is 307 g/mol. The minimum atomic E-state index is -0.328. The van der Waals surface area contributed by atoms with Crippen molar-refractivity contribution in [2.75, 3.05) is 6.61 Å². The first-order valence-corrected chi connectivity index (χ1v) is 7.25. The van der Waals surface area contributed by atoms with Crippen LogP contribution in [0, 0.1) is 11.3 Å². The highest BCUT2D eigenvalue weighted by atomic mass is 16.5. The van der Waals surface area contributed by atoms with Gasteiger partial charge in [0.1, 0.15) is 5.75 Å². The summed E-state index contributed by atoms with van der Waals surface area (Å²) >= 11 is 0. The number of carbonyl (C=O) groups excluding carboxylic acids is 1. The van der Waals surface area contributed by atoms with Crippen LogP contribution in [0.3, 0.4) is 0 Å². The SMILES string of the molecule is N#Cc1ccc(OCC(=O)NN=CCCc2ccccc2)cc1. The second-order valence-corrected chi connectivity index (χ2v) is 4.80. The molecule has 116 valence electrons. The van der Waals surface area contributed by atoms with Gasteiger partial charge in [-0.3, -0.25) is 4.79 Å². The Balaban J connectivity index is 1.64. The Bertz CT molecular complexity index is 688. The zero-order valence-corrected chi connectivity index (χ0v) is 12.6. The second kappa shape index (κ2) is 9.00. The Morgan fingerprint density at radius 2 is 1.91 bits per heavy atom. The fraction of sp³-hybridized carbons (Fsp3) is 0.167. The van der Waals surface area contributed by atoms with Gasteiger partial charge in [0.15, 0.2) is 6.61 Å². The third kappa shape index (κ3) is 6.02. The molecular formula is C18H17N3O2. The molecule has 0 atom stereocenters. The lowest BCUT2D eigenvalue weighted by Gasteiger charge is -2.04. The third-order valence-corrected chi connectivity index (χ3v) is 3.04. The number of nitriles is 1. The van der Waals surface area contributed by atoms with Gasteiger partial charge >= 0.3 is 0 Å². The largest absolute Gasteiger partial charge is 0.484 e. The summed E-state index contributed by atoms with van der Waals surface area (Å²) in [6.07, 6.45) is 3.30. The van der Waals surface area contributed by atoms with E-state index < -0.39 is 0 Å². The van der Waals surface area contributed by atoms with Crippen LogP contribution in [-0.2, 0) is 11.2 Å². The smallest absolute Gasteiger partial charge is 0.277 e. The molecule has 0 saturated carbocycles. The van der Waals surface area contributed by atoms with E-state index in [-0.39, 0.29) is 12.5 Å². The van der Waals surface area contributed by atoms with E-state index in [1.807, 2.05) is 24.3 Å². The molecule has 2 rings (SSSR count). The predicted octanol–water partition coefficient (Wildman–Crippen LogP) is 2.67. The Kier molecular flexibility index (Phi) is 6.36. The van der Waals surface area contributed by atoms with Gasteiger partial charge in [-0.05, 0) is 42.7 Å². The molecule has 0 aliphatic carbocycles. The highest BCUT2D eigenvalue weighted by Crippen LogP contribution is 2.11. The topological polar surface area (TPSA) is 74.5 Å². The van der Waals surface area contributed by atoms with Crippen molar-refractivity contribution in [3.8, 4) is 11.8 Å². The predicted molar refractivity (Wildman–Crippen MR) is 88.0 cm³/mol. The fourth-order valence-corrected chi connectivity index (χ4v) is 1.86. The first-order valence-electron chi connectivity index (χ1n) is 7.25. The van der Waals surface area contributed by atoms with Crippen molar-refractivity contribution >= 4 is 12.1 Å². The van der Waals surface area contributed by atoms with Gasteiger partial charge < -0.3 is 4.74 Å². The van der Waals surface area contributed by atoms with Crippen LogP contribution < -0.4 is 10.2 Å². The number of nitrogens with one attached hydrogen (secondary N) is 1. The van der Waals surface area contributed by atoms with E-state index in [9.17, 15) is 4.79 Å². The number of hydrogen-bond acceptors (Lipinski definition) is 4. The monoisotopic (exact) mass is 307 g/mol. The standard InChI is InChI=1S/C18H17N3O2/c19-13-16-8-10-17(11-9-16)23-14-18(22)21-20-12-4-7-15-5-2-1-3-6-15/h1-3,5-6,8-12H,4,7,14H2,(H,21,22). The van der Waals surface area contributed by atoms with Gasteiger partial charge in [-0.15, -0.1) is 0 Å². The average Bonchev–Trinajstić information content (AvgIpc) is 2.61. The van der Waals surface area contributed by atoms with Gasteiger partial charge in [0, 0.05) is 6.21 Å². The molecule has 0 unspecified atom stereocenters. The first kappa shape index (κ1) is 16.2. The molecule has 0 heterocycles. The van der Waals surface area contributed by atoms with Crippen LogP contribution in [0.4, 0.5) is 0 Å². The number of benzene rings is 2. The van der Waals surface area contributed by atoms with Gasteiger partial charge in [0.2, 0.25) is 0 Å². The number of rotatable bonds is 7. The van der Waals surface area contributed by atoms with Crippen LogP contribution in [0.5, 0.6) is 5.75 Å². The van der Waals surface area contributed by atoms with Crippen LogP contribution in [0.25, 0.3) is 0 Å². The van der Waals surface area contributed by atoms with Crippen LogP contribution in [0.2, 0.25) is 0 Å². The van der Waals surface area contributed by atoms with Gasteiger partial charge in [0.25, 0.3) is 5.91 Å². The van der Waals surface area contributed by atoms with Crippen molar-refractivity contribution in [1.82, 2.24) is 5.43 Å². The zero-order valence-electron chi connectivity index (χ0n) is 12.6. The summed E-state index contributed by atoms with van der Waals surface area (Å²) in [6, 6.07) is 18.7. The maximum Gasteiger partial charge on any atom is 0.277 e. The lowest BCUT2D eigenvalue weighted by molar-refractivity contribution is -0.123. The van der Waals surface area contributed by atoms with E-state index in [2.05, 4.69) is 22.7 Å². The van der Waals surface area contributed by atoms with Crippen molar-refractivity contribution in [1.29, 1.82) is 5.26 Å². The molecule has 0 fully saturated rings. The van der Waals surface area contributed by atoms with Crippen LogP contribution in [0.15, 0.2) is 59.7 Å². The minimum absolute atomic E-state index is 0.123. The second-order valence-electron chi connectivity index (χ2n) is 4.80. The Morgan fingerprint density at radius 3 is 2.61 bits per heavy atom.